The molecule has 65 heavy (non-hydrogen) atoms. The van der Waals surface area contributed by atoms with Gasteiger partial charge in [0.25, 0.3) is 0 Å². The number of halogens is 2. The smallest absolute Gasteiger partial charge is 0.160 e. The molecule has 0 saturated carbocycles. The van der Waals surface area contributed by atoms with E-state index in [0.29, 0.717) is 0 Å². The number of rotatable bonds is 46. The summed E-state index contributed by atoms with van der Waals surface area (Å²) in [6.07, 6.45) is 30.3. The second kappa shape index (κ2) is 41.5. The van der Waals surface area contributed by atoms with Crippen molar-refractivity contribution in [3.8, 4) is 0 Å². The summed E-state index contributed by atoms with van der Waals surface area (Å²) in [5.74, 6) is 11.4. The first-order valence-electron chi connectivity index (χ1n) is 28.8. The lowest BCUT2D eigenvalue weighted by Crippen LogP contribution is -2.28. The van der Waals surface area contributed by atoms with Crippen LogP contribution in [0.15, 0.2) is 0 Å². The third-order valence-corrected chi connectivity index (χ3v) is 16.0. The minimum absolute atomic E-state index is 0.165. The first-order valence-corrected chi connectivity index (χ1v) is 31.0. The van der Waals surface area contributed by atoms with E-state index in [1.165, 1.54) is 116 Å². The third-order valence-electron chi connectivity index (χ3n) is 14.9. The Kier molecular flexibility index (Phi) is 42.0. The maximum Gasteiger partial charge on any atom is 0.160 e. The number of alkyl halides is 2. The predicted octanol–water partition coefficient (Wildman–Crippen LogP) is 20.8. The molecule has 16 atom stereocenters. The first kappa shape index (κ1) is 65.8. The molecule has 0 spiro atoms. The Bertz CT molecular complexity index is 948. The summed E-state index contributed by atoms with van der Waals surface area (Å²) >= 11 is 7.21. The van der Waals surface area contributed by atoms with Gasteiger partial charge in [-0.2, -0.15) is 0 Å². The molecule has 3 nitrogen and oxygen atoms in total. The van der Waals surface area contributed by atoms with Crippen LogP contribution in [0.2, 0.25) is 0 Å². The van der Waals surface area contributed by atoms with Crippen molar-refractivity contribution < 1.29 is 14.2 Å². The van der Waals surface area contributed by atoms with E-state index in [-0.39, 0.29) is 12.6 Å². The highest BCUT2D eigenvalue weighted by atomic mass is 79.9. The minimum Gasteiger partial charge on any atom is -0.353 e. The van der Waals surface area contributed by atoms with Crippen LogP contribution in [0.3, 0.4) is 0 Å². The highest BCUT2D eigenvalue weighted by Gasteiger charge is 2.23. The molecule has 0 aromatic heterocycles. The van der Waals surface area contributed by atoms with E-state index in [0.717, 1.165) is 145 Å². The molecule has 0 aromatic carbocycles. The Morgan fingerprint density at radius 3 is 0.677 bits per heavy atom. The summed E-state index contributed by atoms with van der Waals surface area (Å²) in [6.45, 7) is 40.9. The average molecular weight is 1050 g/mol. The molecule has 0 aliphatic heterocycles. The van der Waals surface area contributed by atoms with Crippen molar-refractivity contribution in [3.63, 3.8) is 0 Å². The molecule has 16 unspecified atom stereocenters. The lowest BCUT2D eigenvalue weighted by molar-refractivity contribution is -0.250. The summed E-state index contributed by atoms with van der Waals surface area (Å²) in [6, 6.07) is 0. The fourth-order valence-electron chi connectivity index (χ4n) is 12.8. The summed E-state index contributed by atoms with van der Waals surface area (Å²) in [7, 11) is 0. The predicted molar refractivity (Wildman–Crippen MR) is 299 cm³/mol. The molecule has 0 aromatic rings. The molecule has 0 N–H and O–H groups in total. The van der Waals surface area contributed by atoms with Gasteiger partial charge in [0.15, 0.2) is 12.6 Å². The topological polar surface area (TPSA) is 27.7 Å². The van der Waals surface area contributed by atoms with Crippen LogP contribution in [0.4, 0.5) is 0 Å². The largest absolute Gasteiger partial charge is 0.353 e. The van der Waals surface area contributed by atoms with Crippen LogP contribution >= 0.6 is 31.9 Å². The molecule has 0 aliphatic rings. The van der Waals surface area contributed by atoms with Gasteiger partial charge < -0.3 is 14.2 Å². The number of hydrogen-bond donors (Lipinski definition) is 0. The van der Waals surface area contributed by atoms with Gasteiger partial charge in [-0.05, 0) is 224 Å². The fraction of sp³-hybridized carbons (Fsp3) is 1.00. The SMILES string of the molecule is CCCOC(CCCC(C)CC(C)CC(C)CC(C)CC(C)CC(C)CC(C)CCCBr)OC(CCCC(C)CC(C)CC(C)CC(C)CC(C)CC(C)CC(C)CCCBr)OCCC. The lowest BCUT2D eigenvalue weighted by Gasteiger charge is -2.27. The Hall–Kier alpha value is 0.840. The van der Waals surface area contributed by atoms with E-state index in [1.54, 1.807) is 0 Å². The van der Waals surface area contributed by atoms with Crippen LogP contribution in [0, 0.1) is 82.9 Å². The molecule has 5 heteroatoms. The standard InChI is InChI=1S/C60H120Br2O3/c1-17-31-63-59(27-19-23-45(3)33-49(7)37-53(11)41-57(15)43-55(13)39-51(9)35-47(5)25-21-29-61)65-60(64-32-18-2)28-20-24-46(4)34-50(8)38-54(12)42-58(16)44-56(14)40-52(10)36-48(6)26-22-30-62/h45-60H,17-44H2,1-16H3. The monoisotopic (exact) mass is 1050 g/mol. The number of ether oxygens (including phenoxy) is 3. The van der Waals surface area contributed by atoms with Crippen molar-refractivity contribution in [2.24, 2.45) is 82.9 Å². The molecule has 0 aliphatic carbocycles. The molecule has 0 rings (SSSR count). The quantitative estimate of drug-likeness (QED) is 0.0449. The first-order chi connectivity index (χ1) is 30.8. The molecular formula is C60H120Br2O3. The van der Waals surface area contributed by atoms with Crippen LogP contribution < -0.4 is 0 Å². The van der Waals surface area contributed by atoms with Gasteiger partial charge in [-0.1, -0.05) is 155 Å². The van der Waals surface area contributed by atoms with E-state index >= 15 is 0 Å². The zero-order chi connectivity index (χ0) is 49.2. The third kappa shape index (κ3) is 39.2. The zero-order valence-corrected chi connectivity index (χ0v) is 50.2. The molecule has 0 amide bonds. The van der Waals surface area contributed by atoms with Crippen LogP contribution in [-0.4, -0.2) is 36.5 Å². The van der Waals surface area contributed by atoms with Crippen LogP contribution in [0.25, 0.3) is 0 Å². The van der Waals surface area contributed by atoms with E-state index in [2.05, 4.69) is 143 Å². The van der Waals surface area contributed by atoms with Crippen molar-refractivity contribution in [2.75, 3.05) is 23.9 Å². The molecule has 0 bridgehead atoms. The van der Waals surface area contributed by atoms with Gasteiger partial charge in [-0.25, -0.2) is 0 Å². The highest BCUT2D eigenvalue weighted by molar-refractivity contribution is 9.09. The van der Waals surface area contributed by atoms with Crippen molar-refractivity contribution >= 4 is 31.9 Å². The van der Waals surface area contributed by atoms with Gasteiger partial charge in [0.2, 0.25) is 0 Å². The molecule has 392 valence electrons. The average Bonchev–Trinajstić information content (AvgIpc) is 3.19. The molecule has 0 heterocycles. The summed E-state index contributed by atoms with van der Waals surface area (Å²) in [5, 5.41) is 2.29. The van der Waals surface area contributed by atoms with Gasteiger partial charge in [0.05, 0.1) is 0 Å². The van der Waals surface area contributed by atoms with Gasteiger partial charge in [-0.15, -0.1) is 0 Å². The molecule has 0 saturated heterocycles. The second-order valence-electron chi connectivity index (χ2n) is 24.6. The summed E-state index contributed by atoms with van der Waals surface area (Å²) < 4.78 is 19.3. The van der Waals surface area contributed by atoms with Gasteiger partial charge in [-0.3, -0.25) is 0 Å². The van der Waals surface area contributed by atoms with Crippen molar-refractivity contribution in [3.05, 3.63) is 0 Å². The van der Waals surface area contributed by atoms with Gasteiger partial charge in [0.1, 0.15) is 0 Å². The maximum atomic E-state index is 6.67. The second-order valence-corrected chi connectivity index (χ2v) is 26.1. The number of hydrogen-bond acceptors (Lipinski definition) is 3. The van der Waals surface area contributed by atoms with Crippen molar-refractivity contribution in [1.82, 2.24) is 0 Å². The van der Waals surface area contributed by atoms with Gasteiger partial charge >= 0.3 is 0 Å². The van der Waals surface area contributed by atoms with E-state index < -0.39 is 0 Å². The van der Waals surface area contributed by atoms with Crippen LogP contribution in [-0.2, 0) is 14.2 Å². The van der Waals surface area contributed by atoms with E-state index in [4.69, 9.17) is 14.2 Å². The Morgan fingerprint density at radius 1 is 0.277 bits per heavy atom. The van der Waals surface area contributed by atoms with Gasteiger partial charge in [0, 0.05) is 23.9 Å². The van der Waals surface area contributed by atoms with Crippen molar-refractivity contribution in [1.29, 1.82) is 0 Å². The lowest BCUT2D eigenvalue weighted by atomic mass is 9.80. The summed E-state index contributed by atoms with van der Waals surface area (Å²) in [4.78, 5) is 0. The highest BCUT2D eigenvalue weighted by Crippen LogP contribution is 2.33. The maximum absolute atomic E-state index is 6.67. The molecule has 0 radical (unpaired) electrons. The Labute approximate surface area is 427 Å². The van der Waals surface area contributed by atoms with E-state index in [1.807, 2.05) is 0 Å². The summed E-state index contributed by atoms with van der Waals surface area (Å²) in [5.41, 5.74) is 0. The zero-order valence-electron chi connectivity index (χ0n) is 47.0. The molecular weight excluding hydrogens is 928 g/mol. The normalized spacial score (nSPS) is 19.8. The van der Waals surface area contributed by atoms with E-state index in [9.17, 15) is 0 Å². The van der Waals surface area contributed by atoms with Crippen LogP contribution in [0.5, 0.6) is 0 Å². The van der Waals surface area contributed by atoms with Crippen LogP contribution in [0.1, 0.15) is 265 Å². The Balaban J connectivity index is 4.73. The molecule has 0 fully saturated rings. The minimum atomic E-state index is -0.165. The Morgan fingerprint density at radius 2 is 0.477 bits per heavy atom. The van der Waals surface area contributed by atoms with Crippen molar-refractivity contribution in [2.45, 2.75) is 277 Å². The fourth-order valence-corrected chi connectivity index (χ4v) is 13.5.